The van der Waals surface area contributed by atoms with Gasteiger partial charge in [-0.25, -0.2) is 4.39 Å². The molecule has 0 saturated carbocycles. The van der Waals surface area contributed by atoms with Crippen LogP contribution in [0.25, 0.3) is 0 Å². The zero-order chi connectivity index (χ0) is 15.5. The van der Waals surface area contributed by atoms with E-state index in [0.717, 1.165) is 51.7 Å². The molecule has 0 amide bonds. The van der Waals surface area contributed by atoms with Crippen LogP contribution in [0.3, 0.4) is 0 Å². The Morgan fingerprint density at radius 2 is 1.82 bits per heavy atom. The van der Waals surface area contributed by atoms with Crippen LogP contribution in [0.5, 0.6) is 0 Å². The number of halogens is 1. The molecule has 1 N–H and O–H groups in total. The van der Waals surface area contributed by atoms with E-state index in [1.165, 1.54) is 6.07 Å². The van der Waals surface area contributed by atoms with Crippen molar-refractivity contribution in [2.75, 3.05) is 24.5 Å². The minimum absolute atomic E-state index is 0.178. The summed E-state index contributed by atoms with van der Waals surface area (Å²) in [5.41, 5.74) is 0.661. The number of likely N-dealkylation sites (tertiary alicyclic amines) is 1. The van der Waals surface area contributed by atoms with Crippen molar-refractivity contribution in [2.45, 2.75) is 44.2 Å². The molecule has 0 bridgehead atoms. The van der Waals surface area contributed by atoms with Gasteiger partial charge in [0.25, 0.3) is 0 Å². The summed E-state index contributed by atoms with van der Waals surface area (Å²) >= 11 is 0. The van der Waals surface area contributed by atoms with Crippen molar-refractivity contribution in [3.05, 3.63) is 30.1 Å². The number of hydrogen-bond donors (Lipinski definition) is 1. The number of carbonyl (C=O) groups is 1. The number of carboxylic acids is 1. The first-order valence-corrected chi connectivity index (χ1v) is 8.15. The summed E-state index contributed by atoms with van der Waals surface area (Å²) in [6.07, 6.45) is 4.64. The molecule has 4 nitrogen and oxygen atoms in total. The van der Waals surface area contributed by atoms with E-state index in [4.69, 9.17) is 0 Å². The van der Waals surface area contributed by atoms with E-state index < -0.39 is 5.97 Å². The Labute approximate surface area is 130 Å². The molecule has 5 heteroatoms. The van der Waals surface area contributed by atoms with Crippen molar-refractivity contribution in [3.8, 4) is 0 Å². The van der Waals surface area contributed by atoms with Gasteiger partial charge in [-0.05, 0) is 44.4 Å². The normalized spacial score (nSPS) is 24.4. The van der Waals surface area contributed by atoms with Crippen LogP contribution in [0, 0.1) is 5.82 Å². The van der Waals surface area contributed by atoms with Crippen LogP contribution in [-0.2, 0) is 4.79 Å². The molecule has 2 aliphatic heterocycles. The number of benzene rings is 1. The van der Waals surface area contributed by atoms with Crippen LogP contribution in [0.1, 0.15) is 32.1 Å². The van der Waals surface area contributed by atoms with Crippen LogP contribution in [0.15, 0.2) is 24.3 Å². The molecular formula is C17H23FN2O2. The van der Waals surface area contributed by atoms with Gasteiger partial charge in [-0.3, -0.25) is 9.69 Å². The number of piperidine rings is 2. The average molecular weight is 306 g/mol. The maximum atomic E-state index is 13.9. The van der Waals surface area contributed by atoms with E-state index in [0.29, 0.717) is 11.7 Å². The quantitative estimate of drug-likeness (QED) is 0.932. The van der Waals surface area contributed by atoms with Gasteiger partial charge in [-0.15, -0.1) is 0 Å². The van der Waals surface area contributed by atoms with Gasteiger partial charge >= 0.3 is 5.97 Å². The van der Waals surface area contributed by atoms with Crippen molar-refractivity contribution in [2.24, 2.45) is 0 Å². The molecule has 2 saturated heterocycles. The molecule has 120 valence electrons. The molecule has 3 rings (SSSR count). The molecule has 2 fully saturated rings. The summed E-state index contributed by atoms with van der Waals surface area (Å²) in [6.45, 7) is 2.45. The van der Waals surface area contributed by atoms with E-state index in [9.17, 15) is 14.3 Å². The summed E-state index contributed by atoms with van der Waals surface area (Å²) in [6, 6.07) is 6.85. The predicted molar refractivity (Wildman–Crippen MR) is 83.6 cm³/mol. The fraction of sp³-hybridized carbons (Fsp3) is 0.588. The smallest absolute Gasteiger partial charge is 0.320 e. The van der Waals surface area contributed by atoms with Crippen LogP contribution >= 0.6 is 0 Å². The minimum Gasteiger partial charge on any atom is -0.480 e. The van der Waals surface area contributed by atoms with Gasteiger partial charge in [0.05, 0.1) is 5.69 Å². The Morgan fingerprint density at radius 1 is 1.09 bits per heavy atom. The maximum absolute atomic E-state index is 13.9. The molecule has 2 aliphatic rings. The molecule has 22 heavy (non-hydrogen) atoms. The monoisotopic (exact) mass is 306 g/mol. The lowest BCUT2D eigenvalue weighted by Gasteiger charge is -2.43. The molecule has 0 aromatic heterocycles. The summed E-state index contributed by atoms with van der Waals surface area (Å²) in [7, 11) is 0. The van der Waals surface area contributed by atoms with Crippen molar-refractivity contribution >= 4 is 11.7 Å². The molecule has 0 aliphatic carbocycles. The fourth-order valence-corrected chi connectivity index (χ4v) is 3.80. The number of rotatable bonds is 3. The largest absolute Gasteiger partial charge is 0.480 e. The highest BCUT2D eigenvalue weighted by molar-refractivity contribution is 5.73. The topological polar surface area (TPSA) is 43.8 Å². The third-order valence-corrected chi connectivity index (χ3v) is 4.96. The number of hydrogen-bond acceptors (Lipinski definition) is 3. The fourth-order valence-electron chi connectivity index (χ4n) is 3.80. The Balaban J connectivity index is 1.64. The number of anilines is 1. The van der Waals surface area contributed by atoms with Crippen LogP contribution in [0.4, 0.5) is 10.1 Å². The molecular weight excluding hydrogens is 283 g/mol. The second-order valence-electron chi connectivity index (χ2n) is 6.26. The summed E-state index contributed by atoms with van der Waals surface area (Å²) < 4.78 is 13.9. The second kappa shape index (κ2) is 6.65. The lowest BCUT2D eigenvalue weighted by molar-refractivity contribution is -0.146. The van der Waals surface area contributed by atoms with E-state index >= 15 is 0 Å². The molecule has 0 unspecified atom stereocenters. The maximum Gasteiger partial charge on any atom is 0.320 e. The first kappa shape index (κ1) is 15.3. The van der Waals surface area contributed by atoms with Crippen LogP contribution in [0.2, 0.25) is 0 Å². The first-order chi connectivity index (χ1) is 10.7. The summed E-state index contributed by atoms with van der Waals surface area (Å²) in [4.78, 5) is 15.7. The van der Waals surface area contributed by atoms with Gasteiger partial charge in [0.2, 0.25) is 0 Å². The molecule has 1 aromatic carbocycles. The molecule has 0 radical (unpaired) electrons. The lowest BCUT2D eigenvalue weighted by atomic mass is 9.95. The summed E-state index contributed by atoms with van der Waals surface area (Å²) in [5, 5.41) is 9.40. The third kappa shape index (κ3) is 3.09. The van der Waals surface area contributed by atoms with Gasteiger partial charge in [-0.2, -0.15) is 0 Å². The lowest BCUT2D eigenvalue weighted by Crippen LogP contribution is -2.53. The Bertz CT molecular complexity index is 529. The van der Waals surface area contributed by atoms with E-state index in [1.807, 2.05) is 12.1 Å². The number of para-hydroxylation sites is 1. The van der Waals surface area contributed by atoms with Crippen LogP contribution < -0.4 is 4.90 Å². The third-order valence-electron chi connectivity index (χ3n) is 4.96. The van der Waals surface area contributed by atoms with E-state index in [2.05, 4.69) is 9.80 Å². The van der Waals surface area contributed by atoms with Gasteiger partial charge in [-0.1, -0.05) is 18.6 Å². The zero-order valence-corrected chi connectivity index (χ0v) is 12.7. The average Bonchev–Trinajstić information content (AvgIpc) is 2.55. The zero-order valence-electron chi connectivity index (χ0n) is 12.7. The van der Waals surface area contributed by atoms with Gasteiger partial charge < -0.3 is 10.0 Å². The second-order valence-corrected chi connectivity index (χ2v) is 6.26. The number of aliphatic carboxylic acids is 1. The molecule has 1 atom stereocenters. The van der Waals surface area contributed by atoms with Gasteiger partial charge in [0.1, 0.15) is 11.9 Å². The van der Waals surface area contributed by atoms with Gasteiger partial charge in [0, 0.05) is 19.1 Å². The Hall–Kier alpha value is -1.62. The molecule has 1 aromatic rings. The highest BCUT2D eigenvalue weighted by Gasteiger charge is 2.35. The Kier molecular flexibility index (Phi) is 4.62. The standard InChI is InChI=1S/C17H23FN2O2/c18-14-5-1-2-6-15(14)19-11-8-13(9-12-19)20-10-4-3-7-16(20)17(21)22/h1-2,5-6,13,16H,3-4,7-12H2,(H,21,22)/t16-/m0/s1. The highest BCUT2D eigenvalue weighted by Crippen LogP contribution is 2.28. The van der Waals surface area contributed by atoms with E-state index in [1.54, 1.807) is 6.07 Å². The van der Waals surface area contributed by atoms with Crippen LogP contribution in [-0.4, -0.2) is 47.7 Å². The number of carboxylic acid groups (broad SMARTS) is 1. The number of nitrogens with zero attached hydrogens (tertiary/aromatic N) is 2. The van der Waals surface area contributed by atoms with E-state index in [-0.39, 0.29) is 11.9 Å². The van der Waals surface area contributed by atoms with Crippen molar-refractivity contribution in [1.82, 2.24) is 4.90 Å². The Morgan fingerprint density at radius 3 is 2.50 bits per heavy atom. The van der Waals surface area contributed by atoms with Crippen molar-refractivity contribution < 1.29 is 14.3 Å². The van der Waals surface area contributed by atoms with Crippen molar-refractivity contribution in [1.29, 1.82) is 0 Å². The van der Waals surface area contributed by atoms with Crippen molar-refractivity contribution in [3.63, 3.8) is 0 Å². The summed E-state index contributed by atoms with van der Waals surface area (Å²) in [5.74, 6) is -0.876. The molecule has 2 heterocycles. The highest BCUT2D eigenvalue weighted by atomic mass is 19.1. The first-order valence-electron chi connectivity index (χ1n) is 8.15. The molecule has 0 spiro atoms. The predicted octanol–water partition coefficient (Wildman–Crippen LogP) is 2.73. The SMILES string of the molecule is O=C(O)[C@@H]1CCCCN1C1CCN(c2ccccc2F)CC1. The minimum atomic E-state index is -0.698. The van der Waals surface area contributed by atoms with Gasteiger partial charge in [0.15, 0.2) is 0 Å².